The number of ether oxygens (including phenoxy) is 2. The maximum atomic E-state index is 6.40. The molecule has 0 saturated carbocycles. The van der Waals surface area contributed by atoms with Gasteiger partial charge in [0.15, 0.2) is 12.1 Å². The quantitative estimate of drug-likeness (QED) is 0.0556. The maximum absolute atomic E-state index is 6.40. The Morgan fingerprint density at radius 2 is 0.795 bits per heavy atom. The standard InChI is InChI=1S/C41H75NO2/c1-5-7-9-11-13-15-17-19-21-23-25-27-29-31-33-35-37-41(43-40(44-41)39-42(3)4)38-36-34-32-30-28-26-24-22-20-18-16-14-12-10-8-6-2/h13-16,19-22,40H,5-12,17-18,23-39H2,1-4H3/b15-13-,16-14-,21-19-,22-20-. The molecule has 1 aliphatic heterocycles. The topological polar surface area (TPSA) is 21.7 Å². The fourth-order valence-corrected chi connectivity index (χ4v) is 5.99. The summed E-state index contributed by atoms with van der Waals surface area (Å²) in [6.07, 6.45) is 51.8. The second kappa shape index (κ2) is 30.5. The lowest BCUT2D eigenvalue weighted by Gasteiger charge is -2.48. The zero-order valence-electron chi connectivity index (χ0n) is 30.1. The molecule has 3 heteroatoms. The van der Waals surface area contributed by atoms with E-state index in [2.05, 4.69) is 81.5 Å². The van der Waals surface area contributed by atoms with Crippen LogP contribution in [0.1, 0.15) is 181 Å². The van der Waals surface area contributed by atoms with Gasteiger partial charge in [0.1, 0.15) is 0 Å². The molecule has 0 aromatic rings. The fourth-order valence-electron chi connectivity index (χ4n) is 5.99. The fraction of sp³-hybridized carbons (Fsp3) is 0.805. The van der Waals surface area contributed by atoms with E-state index in [1.54, 1.807) is 0 Å². The van der Waals surface area contributed by atoms with Crippen molar-refractivity contribution in [2.24, 2.45) is 0 Å². The zero-order chi connectivity index (χ0) is 31.8. The van der Waals surface area contributed by atoms with E-state index < -0.39 is 0 Å². The molecular formula is C41H75NO2. The Bertz CT molecular complexity index is 666. The number of hydrogen-bond acceptors (Lipinski definition) is 3. The van der Waals surface area contributed by atoms with Crippen LogP contribution in [0, 0.1) is 0 Å². The molecule has 0 amide bonds. The Morgan fingerprint density at radius 1 is 0.455 bits per heavy atom. The molecule has 1 heterocycles. The van der Waals surface area contributed by atoms with Crippen LogP contribution in [0.2, 0.25) is 0 Å². The van der Waals surface area contributed by atoms with Crippen LogP contribution in [0.25, 0.3) is 0 Å². The van der Waals surface area contributed by atoms with Crippen LogP contribution in [0.15, 0.2) is 48.6 Å². The number of nitrogens with zero attached hydrogens (tertiary/aromatic N) is 1. The summed E-state index contributed by atoms with van der Waals surface area (Å²) in [5.74, 6) is -0.300. The summed E-state index contributed by atoms with van der Waals surface area (Å²) in [6.45, 7) is 5.39. The van der Waals surface area contributed by atoms with Gasteiger partial charge in [0, 0.05) is 19.4 Å². The summed E-state index contributed by atoms with van der Waals surface area (Å²) in [5.41, 5.74) is 0. The number of hydrogen-bond donors (Lipinski definition) is 0. The van der Waals surface area contributed by atoms with Crippen molar-refractivity contribution in [2.45, 2.75) is 193 Å². The molecule has 0 N–H and O–H groups in total. The first-order valence-electron chi connectivity index (χ1n) is 19.2. The van der Waals surface area contributed by atoms with Gasteiger partial charge in [-0.15, -0.1) is 0 Å². The summed E-state index contributed by atoms with van der Waals surface area (Å²) in [5, 5.41) is 0. The van der Waals surface area contributed by atoms with Crippen molar-refractivity contribution in [1.82, 2.24) is 4.90 Å². The van der Waals surface area contributed by atoms with Crippen LogP contribution in [0.5, 0.6) is 0 Å². The predicted molar refractivity (Wildman–Crippen MR) is 195 cm³/mol. The Hall–Kier alpha value is -1.16. The van der Waals surface area contributed by atoms with Gasteiger partial charge in [-0.3, -0.25) is 0 Å². The highest BCUT2D eigenvalue weighted by molar-refractivity contribution is 4.93. The van der Waals surface area contributed by atoms with E-state index in [4.69, 9.17) is 9.47 Å². The molecule has 256 valence electrons. The van der Waals surface area contributed by atoms with Gasteiger partial charge in [0.2, 0.25) is 0 Å². The number of unbranched alkanes of at least 4 members (excludes halogenated alkanes) is 18. The molecule has 0 bridgehead atoms. The van der Waals surface area contributed by atoms with Crippen LogP contribution in [0.3, 0.4) is 0 Å². The molecule has 0 aromatic heterocycles. The highest BCUT2D eigenvalue weighted by atomic mass is 16.9. The molecule has 1 fully saturated rings. The summed E-state index contributed by atoms with van der Waals surface area (Å²) in [6, 6.07) is 0. The Kier molecular flexibility index (Phi) is 28.3. The minimum absolute atomic E-state index is 0.0424. The average Bonchev–Trinajstić information content (AvgIpc) is 2.99. The van der Waals surface area contributed by atoms with Gasteiger partial charge < -0.3 is 14.4 Å². The van der Waals surface area contributed by atoms with Crippen molar-refractivity contribution >= 4 is 0 Å². The van der Waals surface area contributed by atoms with Gasteiger partial charge in [-0.05, 0) is 91.1 Å². The molecule has 0 atom stereocenters. The van der Waals surface area contributed by atoms with E-state index in [1.807, 2.05) is 0 Å². The largest absolute Gasteiger partial charge is 0.320 e. The second-order valence-corrected chi connectivity index (χ2v) is 13.5. The van der Waals surface area contributed by atoms with Crippen molar-refractivity contribution in [2.75, 3.05) is 20.6 Å². The Balaban J connectivity index is 2.06. The summed E-state index contributed by atoms with van der Waals surface area (Å²) in [4.78, 5) is 2.16. The summed E-state index contributed by atoms with van der Waals surface area (Å²) in [7, 11) is 4.19. The van der Waals surface area contributed by atoms with Crippen LogP contribution in [-0.4, -0.2) is 37.6 Å². The van der Waals surface area contributed by atoms with Crippen molar-refractivity contribution < 1.29 is 9.47 Å². The molecule has 1 aliphatic rings. The second-order valence-electron chi connectivity index (χ2n) is 13.5. The van der Waals surface area contributed by atoms with Crippen molar-refractivity contribution in [3.05, 3.63) is 48.6 Å². The first-order valence-corrected chi connectivity index (χ1v) is 19.2. The maximum Gasteiger partial charge on any atom is 0.177 e. The highest BCUT2D eigenvalue weighted by Gasteiger charge is 2.45. The molecule has 0 aliphatic carbocycles. The number of rotatable bonds is 32. The minimum atomic E-state index is -0.300. The first kappa shape index (κ1) is 40.9. The Labute approximate surface area is 276 Å². The van der Waals surface area contributed by atoms with Crippen LogP contribution in [-0.2, 0) is 9.47 Å². The molecule has 44 heavy (non-hydrogen) atoms. The van der Waals surface area contributed by atoms with E-state index in [0.29, 0.717) is 0 Å². The lowest BCUT2D eigenvalue weighted by molar-refractivity contribution is -0.456. The first-order chi connectivity index (χ1) is 21.6. The van der Waals surface area contributed by atoms with Crippen LogP contribution < -0.4 is 0 Å². The van der Waals surface area contributed by atoms with Crippen LogP contribution in [0.4, 0.5) is 0 Å². The van der Waals surface area contributed by atoms with E-state index in [-0.39, 0.29) is 12.1 Å². The molecule has 1 rings (SSSR count). The Morgan fingerprint density at radius 3 is 1.16 bits per heavy atom. The lowest BCUT2D eigenvalue weighted by Crippen LogP contribution is -2.56. The van der Waals surface area contributed by atoms with Gasteiger partial charge in [-0.1, -0.05) is 140 Å². The number of allylic oxidation sites excluding steroid dienone is 8. The number of likely N-dealkylation sites (N-methyl/N-ethyl adjacent to an activating group) is 1. The SMILES string of the molecule is CCCCC/C=C\C/C=C\CCCCCCCCC1(CCCCCCCC/C=C\C/C=C\CCCCC)OC(CN(C)C)O1. The molecular weight excluding hydrogens is 538 g/mol. The smallest absolute Gasteiger partial charge is 0.177 e. The molecule has 0 unspecified atom stereocenters. The van der Waals surface area contributed by atoms with E-state index in [9.17, 15) is 0 Å². The third-order valence-electron chi connectivity index (χ3n) is 8.72. The molecule has 0 spiro atoms. The molecule has 0 aromatic carbocycles. The third kappa shape index (κ3) is 25.1. The summed E-state index contributed by atoms with van der Waals surface area (Å²) < 4.78 is 12.8. The third-order valence-corrected chi connectivity index (χ3v) is 8.72. The monoisotopic (exact) mass is 614 g/mol. The lowest BCUT2D eigenvalue weighted by atomic mass is 9.97. The average molecular weight is 614 g/mol. The van der Waals surface area contributed by atoms with Gasteiger partial charge in [-0.25, -0.2) is 0 Å². The van der Waals surface area contributed by atoms with E-state index in [0.717, 1.165) is 32.2 Å². The van der Waals surface area contributed by atoms with Gasteiger partial charge >= 0.3 is 0 Å². The summed E-state index contributed by atoms with van der Waals surface area (Å²) >= 11 is 0. The minimum Gasteiger partial charge on any atom is -0.320 e. The normalized spacial score (nSPS) is 15.7. The van der Waals surface area contributed by atoms with Crippen molar-refractivity contribution in [3.8, 4) is 0 Å². The molecule has 3 nitrogen and oxygen atoms in total. The zero-order valence-corrected chi connectivity index (χ0v) is 30.1. The van der Waals surface area contributed by atoms with Crippen molar-refractivity contribution in [1.29, 1.82) is 0 Å². The van der Waals surface area contributed by atoms with Crippen molar-refractivity contribution in [3.63, 3.8) is 0 Å². The van der Waals surface area contributed by atoms with E-state index >= 15 is 0 Å². The molecule has 0 radical (unpaired) electrons. The highest BCUT2D eigenvalue weighted by Crippen LogP contribution is 2.39. The van der Waals surface area contributed by atoms with Gasteiger partial charge in [0.25, 0.3) is 0 Å². The predicted octanol–water partition coefficient (Wildman–Crippen LogP) is 13.0. The molecule has 1 saturated heterocycles. The van der Waals surface area contributed by atoms with Crippen LogP contribution >= 0.6 is 0 Å². The van der Waals surface area contributed by atoms with Gasteiger partial charge in [-0.2, -0.15) is 0 Å². The van der Waals surface area contributed by atoms with Gasteiger partial charge in [0.05, 0.1) is 0 Å². The van der Waals surface area contributed by atoms with E-state index in [1.165, 1.54) is 141 Å².